The Kier molecular flexibility index (Phi) is 6.43. The molecule has 1 N–H and O–H groups in total. The average molecular weight is 453 g/mol. The van der Waals surface area contributed by atoms with E-state index in [2.05, 4.69) is 5.32 Å². The minimum Gasteiger partial charge on any atom is -0.486 e. The van der Waals surface area contributed by atoms with Crippen LogP contribution in [-0.2, 0) is 21.4 Å². The lowest BCUT2D eigenvalue weighted by atomic mass is 10.2. The molecule has 8 heteroatoms. The second kappa shape index (κ2) is 9.42. The fourth-order valence-electron chi connectivity index (χ4n) is 3.34. The van der Waals surface area contributed by atoms with Gasteiger partial charge in [0.25, 0.3) is 0 Å². The number of sulfonamides is 1. The minimum atomic E-state index is -3.99. The third kappa shape index (κ3) is 5.09. The van der Waals surface area contributed by atoms with Crippen LogP contribution in [0.3, 0.4) is 0 Å². The molecule has 0 aliphatic carbocycles. The van der Waals surface area contributed by atoms with Crippen molar-refractivity contribution in [2.45, 2.75) is 18.4 Å². The molecule has 0 saturated heterocycles. The number of amides is 1. The number of nitrogens with one attached hydrogen (secondary N) is 1. The highest BCUT2D eigenvalue weighted by Gasteiger charge is 2.28. The third-order valence-electron chi connectivity index (χ3n) is 5.01. The van der Waals surface area contributed by atoms with Crippen molar-refractivity contribution >= 4 is 21.6 Å². The molecule has 3 aromatic rings. The van der Waals surface area contributed by atoms with Crippen LogP contribution in [0.2, 0.25) is 0 Å². The van der Waals surface area contributed by atoms with Crippen molar-refractivity contribution in [1.82, 2.24) is 4.31 Å². The predicted octanol–water partition coefficient (Wildman–Crippen LogP) is 3.60. The Morgan fingerprint density at radius 3 is 2.34 bits per heavy atom. The van der Waals surface area contributed by atoms with Crippen molar-refractivity contribution in [1.29, 1.82) is 0 Å². The molecule has 32 heavy (non-hydrogen) atoms. The summed E-state index contributed by atoms with van der Waals surface area (Å²) in [4.78, 5) is 12.8. The van der Waals surface area contributed by atoms with Gasteiger partial charge in [-0.05, 0) is 36.8 Å². The van der Waals surface area contributed by atoms with E-state index in [0.717, 1.165) is 15.4 Å². The molecule has 1 heterocycles. The van der Waals surface area contributed by atoms with Crippen LogP contribution in [0.5, 0.6) is 11.5 Å². The summed E-state index contributed by atoms with van der Waals surface area (Å²) in [5.41, 5.74) is 2.45. The molecule has 1 aliphatic heterocycles. The molecule has 3 aromatic carbocycles. The average Bonchev–Trinajstić information content (AvgIpc) is 2.80. The Labute approximate surface area is 187 Å². The molecule has 0 saturated carbocycles. The van der Waals surface area contributed by atoms with Crippen LogP contribution >= 0.6 is 0 Å². The van der Waals surface area contributed by atoms with Gasteiger partial charge in [-0.1, -0.05) is 48.0 Å². The fourth-order valence-corrected chi connectivity index (χ4v) is 4.74. The maximum atomic E-state index is 13.5. The molecule has 0 aromatic heterocycles. The molecule has 4 rings (SSSR count). The third-order valence-corrected chi connectivity index (χ3v) is 6.80. The van der Waals surface area contributed by atoms with Gasteiger partial charge in [-0.3, -0.25) is 4.79 Å². The number of nitrogens with zero attached hydrogens (tertiary/aromatic N) is 1. The first kappa shape index (κ1) is 21.9. The van der Waals surface area contributed by atoms with Crippen LogP contribution in [0.1, 0.15) is 11.1 Å². The summed E-state index contributed by atoms with van der Waals surface area (Å²) in [5, 5.41) is 2.77. The molecule has 0 fully saturated rings. The zero-order chi connectivity index (χ0) is 22.6. The van der Waals surface area contributed by atoms with E-state index >= 15 is 0 Å². The Morgan fingerprint density at radius 1 is 0.938 bits per heavy atom. The first-order chi connectivity index (χ1) is 15.4. The van der Waals surface area contributed by atoms with Crippen molar-refractivity contribution in [3.63, 3.8) is 0 Å². The zero-order valence-electron chi connectivity index (χ0n) is 17.7. The molecule has 0 unspecified atom stereocenters. The molecule has 0 bridgehead atoms. The normalized spacial score (nSPS) is 13.1. The molecule has 0 atom stereocenters. The lowest BCUT2D eigenvalue weighted by molar-refractivity contribution is -0.116. The number of ether oxygens (including phenoxy) is 2. The molecular formula is C24H24N2O5S. The van der Waals surface area contributed by atoms with E-state index in [9.17, 15) is 13.2 Å². The number of carbonyl (C=O) groups is 1. The summed E-state index contributed by atoms with van der Waals surface area (Å²) < 4.78 is 39.2. The lowest BCUT2D eigenvalue weighted by Gasteiger charge is -2.24. The molecular weight excluding hydrogens is 428 g/mol. The van der Waals surface area contributed by atoms with Gasteiger partial charge in [0.2, 0.25) is 15.9 Å². The Balaban J connectivity index is 1.60. The van der Waals surface area contributed by atoms with Crippen molar-refractivity contribution in [3.8, 4) is 11.5 Å². The Bertz CT molecular complexity index is 1190. The van der Waals surface area contributed by atoms with Crippen molar-refractivity contribution in [3.05, 3.63) is 83.9 Å². The molecule has 0 spiro atoms. The van der Waals surface area contributed by atoms with Crippen molar-refractivity contribution in [2.75, 3.05) is 25.1 Å². The van der Waals surface area contributed by atoms with Gasteiger partial charge in [0.15, 0.2) is 11.5 Å². The summed E-state index contributed by atoms with van der Waals surface area (Å²) in [7, 11) is -3.99. The smallest absolute Gasteiger partial charge is 0.243 e. The quantitative estimate of drug-likeness (QED) is 0.592. The standard InChI is InChI=1S/C24H24N2O5S/c1-18-7-9-20(10-8-18)25-24(27)17-26(16-19-5-3-2-4-6-19)32(28,29)21-11-12-22-23(15-21)31-14-13-30-22/h2-12,15H,13-14,16-17H2,1H3,(H,25,27). The molecule has 0 radical (unpaired) electrons. The number of rotatable bonds is 7. The SMILES string of the molecule is Cc1ccc(NC(=O)CN(Cc2ccccc2)S(=O)(=O)c2ccc3c(c2)OCCO3)cc1. The molecule has 7 nitrogen and oxygen atoms in total. The van der Waals surface area contributed by atoms with Gasteiger partial charge in [-0.2, -0.15) is 4.31 Å². The molecule has 1 amide bonds. The summed E-state index contributed by atoms with van der Waals surface area (Å²) >= 11 is 0. The zero-order valence-corrected chi connectivity index (χ0v) is 18.5. The Hall–Kier alpha value is -3.36. The van der Waals surface area contributed by atoms with Gasteiger partial charge in [0.05, 0.1) is 11.4 Å². The summed E-state index contributed by atoms with van der Waals surface area (Å²) in [6.45, 7) is 2.44. The van der Waals surface area contributed by atoms with Crippen LogP contribution in [0.4, 0.5) is 5.69 Å². The van der Waals surface area contributed by atoms with E-state index in [0.29, 0.717) is 30.4 Å². The fraction of sp³-hybridized carbons (Fsp3) is 0.208. The van der Waals surface area contributed by atoms with Crippen LogP contribution in [-0.4, -0.2) is 38.4 Å². The van der Waals surface area contributed by atoms with Crippen LogP contribution < -0.4 is 14.8 Å². The maximum Gasteiger partial charge on any atom is 0.243 e. The second-order valence-corrected chi connectivity index (χ2v) is 9.42. The first-order valence-electron chi connectivity index (χ1n) is 10.2. The largest absolute Gasteiger partial charge is 0.486 e. The van der Waals surface area contributed by atoms with Gasteiger partial charge in [0.1, 0.15) is 13.2 Å². The van der Waals surface area contributed by atoms with Crippen molar-refractivity contribution in [2.24, 2.45) is 0 Å². The van der Waals surface area contributed by atoms with Gasteiger partial charge in [-0.25, -0.2) is 8.42 Å². The number of hydrogen-bond donors (Lipinski definition) is 1. The van der Waals surface area contributed by atoms with E-state index in [1.54, 1.807) is 18.2 Å². The number of aryl methyl sites for hydroxylation is 1. The van der Waals surface area contributed by atoms with E-state index in [-0.39, 0.29) is 18.0 Å². The van der Waals surface area contributed by atoms with Gasteiger partial charge in [-0.15, -0.1) is 0 Å². The predicted molar refractivity (Wildman–Crippen MR) is 121 cm³/mol. The number of anilines is 1. The number of carbonyl (C=O) groups excluding carboxylic acids is 1. The number of hydrogen-bond acceptors (Lipinski definition) is 5. The summed E-state index contributed by atoms with van der Waals surface area (Å²) in [6, 6.07) is 21.0. The van der Waals surface area contributed by atoms with E-state index < -0.39 is 15.9 Å². The highest BCUT2D eigenvalue weighted by Crippen LogP contribution is 2.33. The second-order valence-electron chi connectivity index (χ2n) is 7.48. The highest BCUT2D eigenvalue weighted by atomic mass is 32.2. The minimum absolute atomic E-state index is 0.0424. The van der Waals surface area contributed by atoms with E-state index in [1.165, 1.54) is 12.1 Å². The van der Waals surface area contributed by atoms with Gasteiger partial charge in [0, 0.05) is 18.3 Å². The van der Waals surface area contributed by atoms with E-state index in [4.69, 9.17) is 9.47 Å². The highest BCUT2D eigenvalue weighted by molar-refractivity contribution is 7.89. The van der Waals surface area contributed by atoms with E-state index in [1.807, 2.05) is 49.4 Å². The summed E-state index contributed by atoms with van der Waals surface area (Å²) in [6.07, 6.45) is 0. The van der Waals surface area contributed by atoms with Gasteiger partial charge < -0.3 is 14.8 Å². The molecule has 1 aliphatic rings. The van der Waals surface area contributed by atoms with Crippen LogP contribution in [0, 0.1) is 6.92 Å². The maximum absolute atomic E-state index is 13.5. The topological polar surface area (TPSA) is 84.9 Å². The monoisotopic (exact) mass is 452 g/mol. The van der Waals surface area contributed by atoms with Crippen LogP contribution in [0.25, 0.3) is 0 Å². The summed E-state index contributed by atoms with van der Waals surface area (Å²) in [5.74, 6) is 0.453. The molecule has 166 valence electrons. The van der Waals surface area contributed by atoms with Crippen LogP contribution in [0.15, 0.2) is 77.7 Å². The number of fused-ring (bicyclic) bond motifs is 1. The van der Waals surface area contributed by atoms with Crippen molar-refractivity contribution < 1.29 is 22.7 Å². The van der Waals surface area contributed by atoms with Gasteiger partial charge >= 0.3 is 0 Å². The first-order valence-corrected chi connectivity index (χ1v) is 11.7. The lowest BCUT2D eigenvalue weighted by Crippen LogP contribution is -2.37. The number of benzene rings is 3. The Morgan fingerprint density at radius 2 is 1.62 bits per heavy atom.